The van der Waals surface area contributed by atoms with Gasteiger partial charge in [0.15, 0.2) is 0 Å². The van der Waals surface area contributed by atoms with Gasteiger partial charge in [-0.05, 0) is 49.3 Å². The fourth-order valence-electron chi connectivity index (χ4n) is 2.25. The van der Waals surface area contributed by atoms with E-state index in [1.807, 2.05) is 19.1 Å². The standard InChI is InChI=1S/C14H19NO2/c1-2-17-12-7-5-11(6-8-12)13(9-14(15)16)10-3-4-10/h5-8,10,13H,2-4,9H2,1H3,(H2,15,16). The third-order valence-electron chi connectivity index (χ3n) is 3.23. The Balaban J connectivity index is 2.09. The van der Waals surface area contributed by atoms with Gasteiger partial charge in [0.25, 0.3) is 0 Å². The third kappa shape index (κ3) is 3.22. The van der Waals surface area contributed by atoms with Crippen LogP contribution in [0.15, 0.2) is 24.3 Å². The molecule has 0 heterocycles. The summed E-state index contributed by atoms with van der Waals surface area (Å²) in [6.07, 6.45) is 2.88. The van der Waals surface area contributed by atoms with E-state index in [1.54, 1.807) is 0 Å². The van der Waals surface area contributed by atoms with E-state index in [2.05, 4.69) is 12.1 Å². The highest BCUT2D eigenvalue weighted by molar-refractivity contribution is 5.75. The molecule has 0 spiro atoms. The van der Waals surface area contributed by atoms with Crippen LogP contribution in [0.3, 0.4) is 0 Å². The highest BCUT2D eigenvalue weighted by Gasteiger charge is 2.33. The van der Waals surface area contributed by atoms with Crippen LogP contribution in [0, 0.1) is 5.92 Å². The Morgan fingerprint density at radius 1 is 1.41 bits per heavy atom. The van der Waals surface area contributed by atoms with Gasteiger partial charge in [0.2, 0.25) is 5.91 Å². The largest absolute Gasteiger partial charge is 0.494 e. The van der Waals surface area contributed by atoms with Gasteiger partial charge in [0, 0.05) is 6.42 Å². The van der Waals surface area contributed by atoms with E-state index in [0.29, 0.717) is 24.9 Å². The Bertz CT molecular complexity index is 382. The molecule has 2 rings (SSSR count). The Kier molecular flexibility index (Phi) is 3.67. The summed E-state index contributed by atoms with van der Waals surface area (Å²) in [5, 5.41) is 0. The third-order valence-corrected chi connectivity index (χ3v) is 3.23. The van der Waals surface area contributed by atoms with Crippen LogP contribution in [-0.4, -0.2) is 12.5 Å². The highest BCUT2D eigenvalue weighted by atomic mass is 16.5. The Hall–Kier alpha value is -1.51. The summed E-state index contributed by atoms with van der Waals surface area (Å²) in [5.74, 6) is 1.60. The summed E-state index contributed by atoms with van der Waals surface area (Å²) in [6, 6.07) is 8.04. The lowest BCUT2D eigenvalue weighted by atomic mass is 9.91. The first-order valence-electron chi connectivity index (χ1n) is 6.21. The molecule has 1 fully saturated rings. The fraction of sp³-hybridized carbons (Fsp3) is 0.500. The maximum Gasteiger partial charge on any atom is 0.218 e. The van der Waals surface area contributed by atoms with Gasteiger partial charge >= 0.3 is 0 Å². The van der Waals surface area contributed by atoms with E-state index in [1.165, 1.54) is 18.4 Å². The van der Waals surface area contributed by atoms with Crippen LogP contribution >= 0.6 is 0 Å². The molecule has 1 saturated carbocycles. The number of carbonyl (C=O) groups is 1. The average molecular weight is 233 g/mol. The van der Waals surface area contributed by atoms with Crippen molar-refractivity contribution >= 4 is 5.91 Å². The van der Waals surface area contributed by atoms with Crippen molar-refractivity contribution in [1.82, 2.24) is 0 Å². The monoisotopic (exact) mass is 233 g/mol. The number of amides is 1. The second-order valence-electron chi connectivity index (χ2n) is 4.62. The minimum absolute atomic E-state index is 0.212. The molecule has 17 heavy (non-hydrogen) atoms. The normalized spacial score (nSPS) is 16.5. The predicted molar refractivity (Wildman–Crippen MR) is 66.9 cm³/mol. The van der Waals surface area contributed by atoms with Crippen LogP contribution in [0.5, 0.6) is 5.75 Å². The van der Waals surface area contributed by atoms with Crippen LogP contribution in [-0.2, 0) is 4.79 Å². The molecule has 0 aliphatic heterocycles. The number of hydrogen-bond donors (Lipinski definition) is 1. The van der Waals surface area contributed by atoms with Gasteiger partial charge in [-0.1, -0.05) is 12.1 Å². The quantitative estimate of drug-likeness (QED) is 0.820. The summed E-state index contributed by atoms with van der Waals surface area (Å²) in [5.41, 5.74) is 6.51. The van der Waals surface area contributed by atoms with E-state index in [0.717, 1.165) is 5.75 Å². The maximum absolute atomic E-state index is 11.1. The molecule has 0 aromatic heterocycles. The number of benzene rings is 1. The maximum atomic E-state index is 11.1. The van der Waals surface area contributed by atoms with Gasteiger partial charge in [-0.15, -0.1) is 0 Å². The van der Waals surface area contributed by atoms with Crippen molar-refractivity contribution in [3.8, 4) is 5.75 Å². The number of rotatable bonds is 6. The lowest BCUT2D eigenvalue weighted by molar-refractivity contribution is -0.118. The lowest BCUT2D eigenvalue weighted by Gasteiger charge is -2.15. The van der Waals surface area contributed by atoms with Gasteiger partial charge in [-0.3, -0.25) is 4.79 Å². The van der Waals surface area contributed by atoms with E-state index in [4.69, 9.17) is 10.5 Å². The summed E-state index contributed by atoms with van der Waals surface area (Å²) in [4.78, 5) is 11.1. The van der Waals surface area contributed by atoms with Crippen molar-refractivity contribution in [3.05, 3.63) is 29.8 Å². The molecule has 3 nitrogen and oxygen atoms in total. The summed E-state index contributed by atoms with van der Waals surface area (Å²) in [6.45, 7) is 2.64. The smallest absolute Gasteiger partial charge is 0.218 e. The van der Waals surface area contributed by atoms with Crippen LogP contribution in [0.25, 0.3) is 0 Å². The summed E-state index contributed by atoms with van der Waals surface area (Å²) in [7, 11) is 0. The molecule has 1 aromatic rings. The SMILES string of the molecule is CCOc1ccc(C(CC(N)=O)C2CC2)cc1. The topological polar surface area (TPSA) is 52.3 Å². The average Bonchev–Trinajstić information content (AvgIpc) is 3.11. The molecule has 1 atom stereocenters. The van der Waals surface area contributed by atoms with Gasteiger partial charge in [0.1, 0.15) is 5.75 Å². The molecule has 0 radical (unpaired) electrons. The fourth-order valence-corrected chi connectivity index (χ4v) is 2.25. The Morgan fingerprint density at radius 3 is 2.53 bits per heavy atom. The zero-order valence-corrected chi connectivity index (χ0v) is 10.2. The molecular formula is C14H19NO2. The zero-order chi connectivity index (χ0) is 12.3. The molecule has 92 valence electrons. The number of ether oxygens (including phenoxy) is 1. The second-order valence-corrected chi connectivity index (χ2v) is 4.62. The molecule has 0 bridgehead atoms. The minimum Gasteiger partial charge on any atom is -0.494 e. The first-order chi connectivity index (χ1) is 8.20. The molecule has 2 N–H and O–H groups in total. The molecule has 3 heteroatoms. The lowest BCUT2D eigenvalue weighted by Crippen LogP contribution is -2.16. The summed E-state index contributed by atoms with van der Waals surface area (Å²) < 4.78 is 5.41. The zero-order valence-electron chi connectivity index (χ0n) is 10.2. The van der Waals surface area contributed by atoms with Crippen LogP contribution in [0.1, 0.15) is 37.7 Å². The minimum atomic E-state index is -0.212. The summed E-state index contributed by atoms with van der Waals surface area (Å²) >= 11 is 0. The van der Waals surface area contributed by atoms with Crippen LogP contribution in [0.4, 0.5) is 0 Å². The van der Waals surface area contributed by atoms with Crippen molar-refractivity contribution in [2.24, 2.45) is 11.7 Å². The highest BCUT2D eigenvalue weighted by Crippen LogP contribution is 2.44. The van der Waals surface area contributed by atoms with Crippen LogP contribution < -0.4 is 10.5 Å². The van der Waals surface area contributed by atoms with Gasteiger partial charge < -0.3 is 10.5 Å². The van der Waals surface area contributed by atoms with E-state index >= 15 is 0 Å². The van der Waals surface area contributed by atoms with E-state index in [9.17, 15) is 4.79 Å². The van der Waals surface area contributed by atoms with E-state index < -0.39 is 0 Å². The Labute approximate surface area is 102 Å². The number of carbonyl (C=O) groups excluding carboxylic acids is 1. The molecule has 1 aliphatic carbocycles. The van der Waals surface area contributed by atoms with Crippen molar-refractivity contribution in [1.29, 1.82) is 0 Å². The number of nitrogens with two attached hydrogens (primary N) is 1. The van der Waals surface area contributed by atoms with Gasteiger partial charge in [-0.2, -0.15) is 0 Å². The van der Waals surface area contributed by atoms with Crippen LogP contribution in [0.2, 0.25) is 0 Å². The first-order valence-corrected chi connectivity index (χ1v) is 6.21. The molecule has 1 unspecified atom stereocenters. The van der Waals surface area contributed by atoms with Crippen molar-refractivity contribution in [3.63, 3.8) is 0 Å². The van der Waals surface area contributed by atoms with Crippen molar-refractivity contribution in [2.45, 2.75) is 32.1 Å². The molecular weight excluding hydrogens is 214 g/mol. The molecule has 1 aliphatic rings. The molecule has 1 aromatic carbocycles. The van der Waals surface area contributed by atoms with Crippen molar-refractivity contribution < 1.29 is 9.53 Å². The molecule has 1 amide bonds. The Morgan fingerprint density at radius 2 is 2.06 bits per heavy atom. The van der Waals surface area contributed by atoms with Crippen molar-refractivity contribution in [2.75, 3.05) is 6.61 Å². The second kappa shape index (κ2) is 5.21. The number of primary amides is 1. The predicted octanol–water partition coefficient (Wildman–Crippen LogP) is 2.45. The van der Waals surface area contributed by atoms with Gasteiger partial charge in [0.05, 0.1) is 6.61 Å². The van der Waals surface area contributed by atoms with E-state index in [-0.39, 0.29) is 5.91 Å². The number of hydrogen-bond acceptors (Lipinski definition) is 2. The first kappa shape index (κ1) is 12.0. The molecule has 0 saturated heterocycles. The van der Waals surface area contributed by atoms with Gasteiger partial charge in [-0.25, -0.2) is 0 Å².